The fraction of sp³-hybridized carbons (Fsp3) is 0.500. The zero-order valence-electron chi connectivity index (χ0n) is 8.53. The molecule has 1 rings (SSSR count). The lowest BCUT2D eigenvalue weighted by atomic mass is 10.0. The molecule has 0 aromatic carbocycles. The highest BCUT2D eigenvalue weighted by Gasteiger charge is 2.05. The molecule has 0 aliphatic rings. The lowest BCUT2D eigenvalue weighted by molar-refractivity contribution is 0.589. The Kier molecular flexibility index (Phi) is 7.96. The van der Waals surface area contributed by atoms with E-state index in [2.05, 4.69) is 20.9 Å². The van der Waals surface area contributed by atoms with Crippen LogP contribution in [0.15, 0.2) is 22.9 Å². The first-order valence-electron chi connectivity index (χ1n) is 4.80. The van der Waals surface area contributed by atoms with Crippen LogP contribution in [0.4, 0.5) is 0 Å². The van der Waals surface area contributed by atoms with Crippen molar-refractivity contribution in [2.45, 2.75) is 25.3 Å². The molecule has 1 aromatic rings. The van der Waals surface area contributed by atoms with Crippen molar-refractivity contribution in [3.63, 3.8) is 0 Å². The fourth-order valence-electron chi connectivity index (χ4n) is 1.31. The summed E-state index contributed by atoms with van der Waals surface area (Å²) in [5.74, 6) is 0. The van der Waals surface area contributed by atoms with Gasteiger partial charge in [0.25, 0.3) is 0 Å². The van der Waals surface area contributed by atoms with E-state index in [9.17, 15) is 0 Å². The van der Waals surface area contributed by atoms with E-state index >= 15 is 0 Å². The SMILES string of the molecule is Cl.NCCCC[C@@H](N)c1cncc(Br)c1. The van der Waals surface area contributed by atoms with Gasteiger partial charge in [0, 0.05) is 22.9 Å². The van der Waals surface area contributed by atoms with Gasteiger partial charge in [-0.05, 0) is 46.9 Å². The number of aromatic nitrogens is 1. The number of hydrogen-bond acceptors (Lipinski definition) is 3. The molecule has 0 saturated heterocycles. The molecule has 1 aromatic heterocycles. The first kappa shape index (κ1) is 14.8. The predicted octanol–water partition coefficient (Wildman–Crippen LogP) is 2.39. The van der Waals surface area contributed by atoms with Crippen LogP contribution < -0.4 is 11.5 Å². The van der Waals surface area contributed by atoms with E-state index < -0.39 is 0 Å². The molecule has 4 N–H and O–H groups in total. The van der Waals surface area contributed by atoms with Crippen molar-refractivity contribution in [2.24, 2.45) is 11.5 Å². The minimum atomic E-state index is 0. The van der Waals surface area contributed by atoms with Crippen LogP contribution in [-0.4, -0.2) is 11.5 Å². The van der Waals surface area contributed by atoms with Crippen LogP contribution in [0.5, 0.6) is 0 Å². The number of unbranched alkanes of at least 4 members (excludes halogenated alkanes) is 1. The van der Waals surface area contributed by atoms with Crippen molar-refractivity contribution >= 4 is 28.3 Å². The Bertz CT molecular complexity index is 283. The standard InChI is InChI=1S/C10H16BrN3.ClH/c11-9-5-8(6-14-7-9)10(13)3-1-2-4-12;/h5-7,10H,1-4,12-13H2;1H/t10-;/m1./s1. The first-order chi connectivity index (χ1) is 6.74. The summed E-state index contributed by atoms with van der Waals surface area (Å²) >= 11 is 3.37. The van der Waals surface area contributed by atoms with Gasteiger partial charge in [0.15, 0.2) is 0 Å². The Morgan fingerprint density at radius 2 is 2.07 bits per heavy atom. The lowest BCUT2D eigenvalue weighted by Crippen LogP contribution is -2.11. The molecule has 1 atom stereocenters. The number of nitrogens with two attached hydrogens (primary N) is 2. The van der Waals surface area contributed by atoms with Gasteiger partial charge >= 0.3 is 0 Å². The first-order valence-corrected chi connectivity index (χ1v) is 5.59. The van der Waals surface area contributed by atoms with E-state index in [1.165, 1.54) is 0 Å². The van der Waals surface area contributed by atoms with Crippen LogP contribution in [0.2, 0.25) is 0 Å². The van der Waals surface area contributed by atoms with Gasteiger partial charge in [-0.2, -0.15) is 0 Å². The maximum Gasteiger partial charge on any atom is 0.0410 e. The van der Waals surface area contributed by atoms with E-state index in [1.54, 1.807) is 6.20 Å². The Morgan fingerprint density at radius 1 is 1.33 bits per heavy atom. The molecule has 0 aliphatic heterocycles. The Labute approximate surface area is 105 Å². The van der Waals surface area contributed by atoms with E-state index in [0.717, 1.165) is 35.8 Å². The van der Waals surface area contributed by atoms with Crippen molar-refractivity contribution < 1.29 is 0 Å². The van der Waals surface area contributed by atoms with Crippen LogP contribution in [0.25, 0.3) is 0 Å². The summed E-state index contributed by atoms with van der Waals surface area (Å²) in [5, 5.41) is 0. The third kappa shape index (κ3) is 5.47. The van der Waals surface area contributed by atoms with Crippen molar-refractivity contribution in [1.82, 2.24) is 4.98 Å². The molecule has 0 saturated carbocycles. The van der Waals surface area contributed by atoms with E-state index in [1.807, 2.05) is 12.3 Å². The molecule has 3 nitrogen and oxygen atoms in total. The summed E-state index contributed by atoms with van der Waals surface area (Å²) in [6.45, 7) is 0.740. The molecule has 0 spiro atoms. The van der Waals surface area contributed by atoms with Gasteiger partial charge in [0.05, 0.1) is 0 Å². The monoisotopic (exact) mass is 293 g/mol. The Balaban J connectivity index is 0.00000196. The molecule has 15 heavy (non-hydrogen) atoms. The molecule has 86 valence electrons. The number of nitrogens with zero attached hydrogens (tertiary/aromatic N) is 1. The van der Waals surface area contributed by atoms with Gasteiger partial charge in [-0.3, -0.25) is 4.98 Å². The molecular formula is C10H17BrClN3. The molecule has 0 unspecified atom stereocenters. The lowest BCUT2D eigenvalue weighted by Gasteiger charge is -2.11. The molecule has 0 fully saturated rings. The van der Waals surface area contributed by atoms with Crippen LogP contribution in [0, 0.1) is 0 Å². The van der Waals surface area contributed by atoms with E-state index in [0.29, 0.717) is 0 Å². The van der Waals surface area contributed by atoms with Gasteiger partial charge in [0.1, 0.15) is 0 Å². The fourth-order valence-corrected chi connectivity index (χ4v) is 1.69. The van der Waals surface area contributed by atoms with Gasteiger partial charge in [-0.25, -0.2) is 0 Å². The van der Waals surface area contributed by atoms with E-state index in [-0.39, 0.29) is 18.4 Å². The highest BCUT2D eigenvalue weighted by molar-refractivity contribution is 9.10. The normalized spacial score (nSPS) is 11.9. The topological polar surface area (TPSA) is 64.9 Å². The van der Waals surface area contributed by atoms with Crippen LogP contribution in [0.1, 0.15) is 30.9 Å². The number of rotatable bonds is 5. The number of hydrogen-bond donors (Lipinski definition) is 2. The zero-order valence-corrected chi connectivity index (χ0v) is 10.9. The van der Waals surface area contributed by atoms with Gasteiger partial charge in [0.2, 0.25) is 0 Å². The average molecular weight is 295 g/mol. The van der Waals surface area contributed by atoms with Gasteiger partial charge in [-0.1, -0.05) is 6.42 Å². The van der Waals surface area contributed by atoms with Gasteiger partial charge in [-0.15, -0.1) is 12.4 Å². The van der Waals surface area contributed by atoms with Crippen LogP contribution in [-0.2, 0) is 0 Å². The Morgan fingerprint density at radius 3 is 2.67 bits per heavy atom. The molecule has 0 amide bonds. The van der Waals surface area contributed by atoms with Crippen molar-refractivity contribution in [1.29, 1.82) is 0 Å². The molecule has 0 radical (unpaired) electrons. The molecule has 5 heteroatoms. The second-order valence-corrected chi connectivity index (χ2v) is 4.24. The third-order valence-corrected chi connectivity index (χ3v) is 2.56. The quantitative estimate of drug-likeness (QED) is 0.820. The zero-order chi connectivity index (χ0) is 10.4. The largest absolute Gasteiger partial charge is 0.330 e. The second-order valence-electron chi connectivity index (χ2n) is 3.33. The van der Waals surface area contributed by atoms with Crippen LogP contribution in [0.3, 0.4) is 0 Å². The van der Waals surface area contributed by atoms with E-state index in [4.69, 9.17) is 11.5 Å². The highest BCUT2D eigenvalue weighted by atomic mass is 79.9. The molecular weight excluding hydrogens is 277 g/mol. The minimum Gasteiger partial charge on any atom is -0.330 e. The third-order valence-electron chi connectivity index (χ3n) is 2.12. The maximum absolute atomic E-state index is 6.00. The predicted molar refractivity (Wildman–Crippen MR) is 69.0 cm³/mol. The summed E-state index contributed by atoms with van der Waals surface area (Å²) in [7, 11) is 0. The minimum absolute atomic E-state index is 0. The summed E-state index contributed by atoms with van der Waals surface area (Å²) < 4.78 is 0.976. The molecule has 0 bridgehead atoms. The highest BCUT2D eigenvalue weighted by Crippen LogP contribution is 2.18. The molecule has 0 aliphatic carbocycles. The maximum atomic E-state index is 6.00. The average Bonchev–Trinajstić information content (AvgIpc) is 2.18. The van der Waals surface area contributed by atoms with Crippen molar-refractivity contribution in [3.8, 4) is 0 Å². The summed E-state index contributed by atoms with van der Waals surface area (Å²) in [6.07, 6.45) is 6.66. The number of halogens is 2. The Hall–Kier alpha value is -0.160. The van der Waals surface area contributed by atoms with Crippen molar-refractivity contribution in [3.05, 3.63) is 28.5 Å². The van der Waals surface area contributed by atoms with Gasteiger partial charge < -0.3 is 11.5 Å². The summed E-state index contributed by atoms with van der Waals surface area (Å²) in [5.41, 5.74) is 12.5. The molecule has 1 heterocycles. The van der Waals surface area contributed by atoms with Crippen molar-refractivity contribution in [2.75, 3.05) is 6.54 Å². The number of pyridine rings is 1. The smallest absolute Gasteiger partial charge is 0.0410 e. The second kappa shape index (κ2) is 8.05. The van der Waals surface area contributed by atoms with Crippen LogP contribution >= 0.6 is 28.3 Å². The summed E-state index contributed by atoms with van der Waals surface area (Å²) in [6, 6.07) is 2.09. The summed E-state index contributed by atoms with van der Waals surface area (Å²) in [4.78, 5) is 4.08.